The minimum Gasteiger partial charge on any atom is -0.507 e. The first-order valence-electron chi connectivity index (χ1n) is 10.2. The molecule has 0 bridgehead atoms. The number of aromatic nitrogens is 1. The smallest absolute Gasteiger partial charge is 0.306 e. The van der Waals surface area contributed by atoms with Crippen molar-refractivity contribution in [3.8, 4) is 17.2 Å². The number of fused-ring (bicyclic) bond motifs is 1. The number of pyridine rings is 1. The molecule has 33 heavy (non-hydrogen) atoms. The summed E-state index contributed by atoms with van der Waals surface area (Å²) in [5.74, 6) is -2.50. The van der Waals surface area contributed by atoms with Gasteiger partial charge in [0, 0.05) is 39.2 Å². The Morgan fingerprint density at radius 3 is 2.67 bits per heavy atom. The van der Waals surface area contributed by atoms with Crippen molar-refractivity contribution in [2.75, 3.05) is 7.11 Å². The number of benzene rings is 1. The maximum absolute atomic E-state index is 12.4. The van der Waals surface area contributed by atoms with Crippen molar-refractivity contribution in [3.05, 3.63) is 68.2 Å². The van der Waals surface area contributed by atoms with Crippen LogP contribution in [0.15, 0.2) is 29.8 Å². The number of thiophene rings is 1. The van der Waals surface area contributed by atoms with Gasteiger partial charge in [0.2, 0.25) is 0 Å². The van der Waals surface area contributed by atoms with Crippen molar-refractivity contribution >= 4 is 23.1 Å². The SMILES string of the molecule is COC(=O)CC(c1cccs1)c1c(O)c(C(C)=O)cc(C2OCc3cnc(C)c(O)c32)c1O. The van der Waals surface area contributed by atoms with Gasteiger partial charge in [-0.05, 0) is 31.4 Å². The van der Waals surface area contributed by atoms with Crippen LogP contribution in [0.5, 0.6) is 17.2 Å². The number of phenolic OH excluding ortho intramolecular Hbond substituents is 2. The molecule has 0 fully saturated rings. The maximum atomic E-state index is 12.4. The number of hydrogen-bond donors (Lipinski definition) is 3. The molecule has 2 unspecified atom stereocenters. The third-order valence-electron chi connectivity index (χ3n) is 5.86. The summed E-state index contributed by atoms with van der Waals surface area (Å²) in [5, 5.41) is 34.9. The molecular formula is C24H23NO7S. The fraction of sp³-hybridized carbons (Fsp3) is 0.292. The molecule has 3 heterocycles. The molecular weight excluding hydrogens is 446 g/mol. The summed E-state index contributed by atoms with van der Waals surface area (Å²) in [5.41, 5.74) is 1.73. The molecule has 9 heteroatoms. The highest BCUT2D eigenvalue weighted by molar-refractivity contribution is 7.10. The summed E-state index contributed by atoms with van der Waals surface area (Å²) >= 11 is 1.35. The second-order valence-electron chi connectivity index (χ2n) is 7.85. The van der Waals surface area contributed by atoms with E-state index in [1.165, 1.54) is 31.4 Å². The van der Waals surface area contributed by atoms with E-state index in [0.717, 1.165) is 0 Å². The lowest BCUT2D eigenvalue weighted by Crippen LogP contribution is -2.13. The molecule has 1 aliphatic heterocycles. The predicted octanol–water partition coefficient (Wildman–Crippen LogP) is 4.09. The predicted molar refractivity (Wildman–Crippen MR) is 120 cm³/mol. The molecule has 3 N–H and O–H groups in total. The van der Waals surface area contributed by atoms with E-state index >= 15 is 0 Å². The minimum atomic E-state index is -0.888. The topological polar surface area (TPSA) is 126 Å². The lowest BCUT2D eigenvalue weighted by molar-refractivity contribution is -0.140. The van der Waals surface area contributed by atoms with Crippen LogP contribution in [-0.4, -0.2) is 39.2 Å². The normalized spacial score (nSPS) is 15.8. The molecule has 0 amide bonds. The van der Waals surface area contributed by atoms with Gasteiger partial charge in [0.05, 0.1) is 31.4 Å². The molecule has 2 aromatic heterocycles. The summed E-state index contributed by atoms with van der Waals surface area (Å²) in [6.45, 7) is 3.11. The summed E-state index contributed by atoms with van der Waals surface area (Å²) in [4.78, 5) is 29.5. The Balaban J connectivity index is 1.96. The molecule has 0 saturated heterocycles. The van der Waals surface area contributed by atoms with Crippen LogP contribution in [0, 0.1) is 6.92 Å². The van der Waals surface area contributed by atoms with Crippen LogP contribution in [0.4, 0.5) is 0 Å². The zero-order valence-electron chi connectivity index (χ0n) is 18.3. The summed E-state index contributed by atoms with van der Waals surface area (Å²) in [6.07, 6.45) is 0.552. The molecule has 0 radical (unpaired) electrons. The molecule has 1 aliphatic rings. The standard InChI is InChI=1S/C24H23NO7S/c1-11-21(28)19-13(9-25-11)10-32-24(19)16-7-14(12(2)26)22(29)20(23(16)30)15(8-18(27)31-3)17-5-4-6-33-17/h4-7,9,15,24,28-30H,8,10H2,1-3H3. The average Bonchev–Trinajstić information content (AvgIpc) is 3.46. The summed E-state index contributed by atoms with van der Waals surface area (Å²) in [6, 6.07) is 4.94. The Morgan fingerprint density at radius 2 is 2.03 bits per heavy atom. The van der Waals surface area contributed by atoms with E-state index in [2.05, 4.69) is 4.98 Å². The van der Waals surface area contributed by atoms with Gasteiger partial charge in [-0.3, -0.25) is 14.6 Å². The average molecular weight is 470 g/mol. The lowest BCUT2D eigenvalue weighted by atomic mass is 9.85. The van der Waals surface area contributed by atoms with Crippen LogP contribution >= 0.6 is 11.3 Å². The zero-order valence-corrected chi connectivity index (χ0v) is 19.1. The van der Waals surface area contributed by atoms with Crippen LogP contribution < -0.4 is 0 Å². The van der Waals surface area contributed by atoms with E-state index in [-0.39, 0.29) is 41.2 Å². The highest BCUT2D eigenvalue weighted by atomic mass is 32.1. The van der Waals surface area contributed by atoms with E-state index in [1.807, 2.05) is 5.38 Å². The fourth-order valence-electron chi connectivity index (χ4n) is 4.15. The number of esters is 1. The van der Waals surface area contributed by atoms with Crippen LogP contribution in [0.3, 0.4) is 0 Å². The number of carbonyl (C=O) groups excluding carboxylic acids is 2. The molecule has 0 spiro atoms. The van der Waals surface area contributed by atoms with E-state index in [4.69, 9.17) is 9.47 Å². The number of nitrogens with zero attached hydrogens (tertiary/aromatic N) is 1. The number of methoxy groups -OCH3 is 1. The first kappa shape index (κ1) is 22.8. The van der Waals surface area contributed by atoms with Crippen LogP contribution in [-0.2, 0) is 20.9 Å². The van der Waals surface area contributed by atoms with Gasteiger partial charge in [-0.15, -0.1) is 11.3 Å². The quantitative estimate of drug-likeness (QED) is 0.364. The minimum absolute atomic E-state index is 0.0217. The van der Waals surface area contributed by atoms with Gasteiger partial charge in [-0.2, -0.15) is 0 Å². The second kappa shape index (κ2) is 8.84. The first-order valence-corrected chi connectivity index (χ1v) is 11.1. The molecule has 1 aromatic carbocycles. The number of rotatable bonds is 6. The van der Waals surface area contributed by atoms with Gasteiger partial charge < -0.3 is 24.8 Å². The highest BCUT2D eigenvalue weighted by Gasteiger charge is 2.36. The molecule has 4 rings (SSSR count). The first-order chi connectivity index (χ1) is 15.7. The van der Waals surface area contributed by atoms with Crippen molar-refractivity contribution in [3.63, 3.8) is 0 Å². The van der Waals surface area contributed by atoms with E-state index in [1.54, 1.807) is 25.3 Å². The van der Waals surface area contributed by atoms with E-state index < -0.39 is 29.5 Å². The van der Waals surface area contributed by atoms with Crippen molar-refractivity contribution < 1.29 is 34.4 Å². The largest absolute Gasteiger partial charge is 0.507 e. The molecule has 0 aliphatic carbocycles. The highest BCUT2D eigenvalue weighted by Crippen LogP contribution is 2.50. The van der Waals surface area contributed by atoms with E-state index in [0.29, 0.717) is 21.7 Å². The van der Waals surface area contributed by atoms with Crippen molar-refractivity contribution in [1.82, 2.24) is 4.98 Å². The number of aromatic hydroxyl groups is 3. The summed E-state index contributed by atoms with van der Waals surface area (Å²) in [7, 11) is 1.26. The number of Topliss-reactive ketones (excluding diaryl/α,β-unsaturated/α-hetero) is 1. The second-order valence-corrected chi connectivity index (χ2v) is 8.83. The molecule has 3 aromatic rings. The van der Waals surface area contributed by atoms with Gasteiger partial charge in [-0.1, -0.05) is 6.07 Å². The number of carbonyl (C=O) groups is 2. The van der Waals surface area contributed by atoms with Gasteiger partial charge in [0.15, 0.2) is 5.78 Å². The lowest BCUT2D eigenvalue weighted by Gasteiger charge is -2.23. The Kier molecular flexibility index (Phi) is 6.09. The van der Waals surface area contributed by atoms with Gasteiger partial charge in [0.25, 0.3) is 0 Å². The number of ketones is 1. The van der Waals surface area contributed by atoms with Crippen LogP contribution in [0.1, 0.15) is 68.5 Å². The van der Waals surface area contributed by atoms with Crippen LogP contribution in [0.25, 0.3) is 0 Å². The van der Waals surface area contributed by atoms with Crippen molar-refractivity contribution in [1.29, 1.82) is 0 Å². The molecule has 8 nitrogen and oxygen atoms in total. The van der Waals surface area contributed by atoms with Crippen LogP contribution in [0.2, 0.25) is 0 Å². The fourth-order valence-corrected chi connectivity index (χ4v) is 4.99. The molecule has 172 valence electrons. The molecule has 2 atom stereocenters. The Hall–Kier alpha value is -3.43. The third kappa shape index (κ3) is 3.94. The Bertz CT molecular complexity index is 1240. The van der Waals surface area contributed by atoms with Crippen molar-refractivity contribution in [2.24, 2.45) is 0 Å². The molecule has 0 saturated carbocycles. The summed E-state index contributed by atoms with van der Waals surface area (Å²) < 4.78 is 10.7. The monoisotopic (exact) mass is 469 g/mol. The van der Waals surface area contributed by atoms with Gasteiger partial charge in [0.1, 0.15) is 23.4 Å². The third-order valence-corrected chi connectivity index (χ3v) is 6.85. The number of ether oxygens (including phenoxy) is 2. The van der Waals surface area contributed by atoms with Gasteiger partial charge >= 0.3 is 5.97 Å². The Labute approximate surface area is 194 Å². The Morgan fingerprint density at radius 1 is 1.27 bits per heavy atom. The maximum Gasteiger partial charge on any atom is 0.306 e. The van der Waals surface area contributed by atoms with Gasteiger partial charge in [-0.25, -0.2) is 0 Å². The zero-order chi connectivity index (χ0) is 23.9. The number of phenols is 2. The number of aryl methyl sites for hydroxylation is 1. The number of hydrogen-bond acceptors (Lipinski definition) is 9. The van der Waals surface area contributed by atoms with E-state index in [9.17, 15) is 24.9 Å². The van der Waals surface area contributed by atoms with Crippen molar-refractivity contribution in [2.45, 2.75) is 38.9 Å².